The molecule has 0 spiro atoms. The summed E-state index contributed by atoms with van der Waals surface area (Å²) >= 11 is 0. The number of hydrogen-bond donors (Lipinski definition) is 0. The third-order valence-corrected chi connectivity index (χ3v) is 3.04. The molecule has 1 aromatic rings. The molecule has 0 fully saturated rings. The van der Waals surface area contributed by atoms with Crippen molar-refractivity contribution in [2.75, 3.05) is 0 Å². The summed E-state index contributed by atoms with van der Waals surface area (Å²) in [6.07, 6.45) is 8.99. The Morgan fingerprint density at radius 2 is 1.69 bits per heavy atom. The summed E-state index contributed by atoms with van der Waals surface area (Å²) in [5.41, 5.74) is 2.81. The first-order chi connectivity index (χ1) is 7.74. The van der Waals surface area contributed by atoms with Gasteiger partial charge in [-0.3, -0.25) is 0 Å². The second-order valence-electron chi connectivity index (χ2n) is 4.87. The fourth-order valence-electron chi connectivity index (χ4n) is 1.86. The van der Waals surface area contributed by atoms with E-state index >= 15 is 0 Å². The van der Waals surface area contributed by atoms with E-state index in [4.69, 9.17) is 0 Å². The van der Waals surface area contributed by atoms with Gasteiger partial charge in [-0.1, -0.05) is 70.7 Å². The Hall–Kier alpha value is -0.780. The molecule has 0 aliphatic rings. The normalized spacial score (nSPS) is 11.0. The van der Waals surface area contributed by atoms with E-state index < -0.39 is 0 Å². The van der Waals surface area contributed by atoms with Crippen molar-refractivity contribution in [2.45, 2.75) is 58.8 Å². The monoisotopic (exact) mass is 217 g/mol. The summed E-state index contributed by atoms with van der Waals surface area (Å²) in [4.78, 5) is 0. The van der Waals surface area contributed by atoms with Crippen LogP contribution < -0.4 is 0 Å². The van der Waals surface area contributed by atoms with Gasteiger partial charge in [-0.25, -0.2) is 0 Å². The lowest BCUT2D eigenvalue weighted by atomic mass is 9.99. The molecule has 0 amide bonds. The highest BCUT2D eigenvalue weighted by Gasteiger charge is 1.99. The van der Waals surface area contributed by atoms with Crippen molar-refractivity contribution in [1.29, 1.82) is 0 Å². The van der Waals surface area contributed by atoms with Crippen LogP contribution in [0.5, 0.6) is 0 Å². The van der Waals surface area contributed by atoms with E-state index in [1.54, 1.807) is 0 Å². The minimum atomic E-state index is 0.638. The van der Waals surface area contributed by atoms with Crippen molar-refractivity contribution in [3.63, 3.8) is 0 Å². The van der Waals surface area contributed by atoms with Gasteiger partial charge >= 0.3 is 0 Å². The van der Waals surface area contributed by atoms with Crippen LogP contribution in [0.2, 0.25) is 0 Å². The second kappa shape index (κ2) is 7.49. The number of rotatable bonds is 7. The Morgan fingerprint density at radius 3 is 2.25 bits per heavy atom. The summed E-state index contributed by atoms with van der Waals surface area (Å²) in [6.45, 7) is 6.74. The van der Waals surface area contributed by atoms with Crippen molar-refractivity contribution in [1.82, 2.24) is 0 Å². The molecule has 0 nitrogen and oxygen atoms in total. The van der Waals surface area contributed by atoms with Crippen LogP contribution in [0.15, 0.2) is 24.3 Å². The lowest BCUT2D eigenvalue weighted by Gasteiger charge is -2.06. The number of unbranched alkanes of at least 4 members (excludes halogenated alkanes) is 4. The quantitative estimate of drug-likeness (QED) is 0.541. The molecule has 1 radical (unpaired) electrons. The van der Waals surface area contributed by atoms with Crippen LogP contribution >= 0.6 is 0 Å². The summed E-state index contributed by atoms with van der Waals surface area (Å²) < 4.78 is 0. The third kappa shape index (κ3) is 4.83. The molecule has 0 heteroatoms. The molecule has 0 aromatic heterocycles. The van der Waals surface area contributed by atoms with Gasteiger partial charge in [0.2, 0.25) is 0 Å². The van der Waals surface area contributed by atoms with Gasteiger partial charge < -0.3 is 0 Å². The zero-order chi connectivity index (χ0) is 11.8. The van der Waals surface area contributed by atoms with E-state index in [2.05, 4.69) is 51.5 Å². The molecule has 0 saturated carbocycles. The van der Waals surface area contributed by atoms with E-state index in [1.165, 1.54) is 43.2 Å². The van der Waals surface area contributed by atoms with Crippen molar-refractivity contribution in [3.8, 4) is 0 Å². The van der Waals surface area contributed by atoms with E-state index in [-0.39, 0.29) is 0 Å². The zero-order valence-corrected chi connectivity index (χ0v) is 11.0. The largest absolute Gasteiger partial charge is 0.0654 e. The molecular weight excluding hydrogens is 192 g/mol. The van der Waals surface area contributed by atoms with E-state index in [9.17, 15) is 0 Å². The standard InChI is InChI=1S/C16H25/c1-4-5-6-7-8-9-15-10-12-16(13-11-15)14(2)3/h9-14H,4-8H2,1-3H3. The van der Waals surface area contributed by atoms with Crippen molar-refractivity contribution in [2.24, 2.45) is 0 Å². The maximum atomic E-state index is 2.36. The highest BCUT2D eigenvalue weighted by atomic mass is 14.0. The van der Waals surface area contributed by atoms with Gasteiger partial charge in [0.1, 0.15) is 0 Å². The van der Waals surface area contributed by atoms with Crippen molar-refractivity contribution >= 4 is 0 Å². The highest BCUT2D eigenvalue weighted by Crippen LogP contribution is 2.17. The fraction of sp³-hybridized carbons (Fsp3) is 0.562. The lowest BCUT2D eigenvalue weighted by Crippen LogP contribution is -1.88. The molecule has 1 rings (SSSR count). The topological polar surface area (TPSA) is 0 Å². The van der Waals surface area contributed by atoms with Crippen LogP contribution in [0.1, 0.15) is 69.9 Å². The Balaban J connectivity index is 2.27. The van der Waals surface area contributed by atoms with Crippen LogP contribution in [0.25, 0.3) is 0 Å². The third-order valence-electron chi connectivity index (χ3n) is 3.04. The van der Waals surface area contributed by atoms with E-state index in [0.29, 0.717) is 5.92 Å². The van der Waals surface area contributed by atoms with Crippen LogP contribution in [0, 0.1) is 6.42 Å². The molecule has 0 aliphatic heterocycles. The average Bonchev–Trinajstić information content (AvgIpc) is 2.29. The minimum absolute atomic E-state index is 0.638. The van der Waals surface area contributed by atoms with Gasteiger partial charge in [0.05, 0.1) is 0 Å². The molecule has 0 atom stereocenters. The van der Waals surface area contributed by atoms with E-state index in [0.717, 1.165) is 0 Å². The Labute approximate surface area is 101 Å². The Bertz CT molecular complexity index is 269. The molecule has 1 aromatic carbocycles. The van der Waals surface area contributed by atoms with Gasteiger partial charge in [-0.15, -0.1) is 0 Å². The van der Waals surface area contributed by atoms with E-state index in [1.807, 2.05) is 0 Å². The highest BCUT2D eigenvalue weighted by molar-refractivity contribution is 5.28. The molecule has 0 aliphatic carbocycles. The number of benzene rings is 1. The smallest absolute Gasteiger partial charge is 0.00931 e. The number of hydrogen-bond acceptors (Lipinski definition) is 0. The first-order valence-electron chi connectivity index (χ1n) is 6.67. The first kappa shape index (κ1) is 13.3. The second-order valence-corrected chi connectivity index (χ2v) is 4.87. The van der Waals surface area contributed by atoms with Gasteiger partial charge in [-0.05, 0) is 29.9 Å². The molecule has 0 saturated heterocycles. The molecule has 0 bridgehead atoms. The van der Waals surface area contributed by atoms with Crippen molar-refractivity contribution in [3.05, 3.63) is 41.8 Å². The summed E-state index contributed by atoms with van der Waals surface area (Å²) in [6, 6.07) is 9.00. The summed E-state index contributed by atoms with van der Waals surface area (Å²) in [5, 5.41) is 0. The molecule has 0 unspecified atom stereocenters. The van der Waals surface area contributed by atoms with Gasteiger partial charge in [-0.2, -0.15) is 0 Å². The predicted octanol–water partition coefficient (Wildman–Crippen LogP) is 5.33. The lowest BCUT2D eigenvalue weighted by molar-refractivity contribution is 0.665. The molecule has 0 heterocycles. The SMILES string of the molecule is CCCCCC[CH]c1ccc(C(C)C)cc1. The van der Waals surface area contributed by atoms with Crippen LogP contribution in [0.3, 0.4) is 0 Å². The molecule has 0 N–H and O–H groups in total. The van der Waals surface area contributed by atoms with Crippen molar-refractivity contribution < 1.29 is 0 Å². The van der Waals surface area contributed by atoms with Crippen LogP contribution in [-0.4, -0.2) is 0 Å². The minimum Gasteiger partial charge on any atom is -0.0654 e. The predicted molar refractivity (Wildman–Crippen MR) is 72.7 cm³/mol. The Kier molecular flexibility index (Phi) is 6.22. The maximum Gasteiger partial charge on any atom is -0.00931 e. The maximum absolute atomic E-state index is 2.36. The fourth-order valence-corrected chi connectivity index (χ4v) is 1.86. The summed E-state index contributed by atoms with van der Waals surface area (Å²) in [7, 11) is 0. The Morgan fingerprint density at radius 1 is 1.00 bits per heavy atom. The van der Waals surface area contributed by atoms with Crippen LogP contribution in [0.4, 0.5) is 0 Å². The van der Waals surface area contributed by atoms with Crippen LogP contribution in [-0.2, 0) is 0 Å². The molecular formula is C16H25. The first-order valence-corrected chi connectivity index (χ1v) is 6.67. The van der Waals surface area contributed by atoms with Gasteiger partial charge in [0.15, 0.2) is 0 Å². The van der Waals surface area contributed by atoms with Gasteiger partial charge in [0, 0.05) is 0 Å². The average molecular weight is 217 g/mol. The zero-order valence-electron chi connectivity index (χ0n) is 11.0. The summed E-state index contributed by atoms with van der Waals surface area (Å²) in [5.74, 6) is 0.638. The molecule has 89 valence electrons. The van der Waals surface area contributed by atoms with Gasteiger partial charge in [0.25, 0.3) is 0 Å². The molecule has 16 heavy (non-hydrogen) atoms.